The Kier molecular flexibility index (Phi) is 5.78. The molecule has 1 aliphatic rings. The third-order valence-electron chi connectivity index (χ3n) is 4.21. The van der Waals surface area contributed by atoms with E-state index in [0.29, 0.717) is 42.3 Å². The molecule has 1 aliphatic heterocycles. The summed E-state index contributed by atoms with van der Waals surface area (Å²) in [5.41, 5.74) is 1.15. The number of urea groups is 1. The van der Waals surface area contributed by atoms with E-state index in [1.807, 2.05) is 0 Å². The Morgan fingerprint density at radius 3 is 2.46 bits per heavy atom. The number of hydrogen-bond acceptors (Lipinski definition) is 5. The Hall–Kier alpha value is -3.55. The molecule has 3 rings (SSSR count). The van der Waals surface area contributed by atoms with Gasteiger partial charge in [-0.05, 0) is 43.3 Å². The van der Waals surface area contributed by atoms with Gasteiger partial charge < -0.3 is 24.8 Å². The average molecular weight is 384 g/mol. The molecule has 0 saturated carbocycles. The number of ether oxygens (including phenoxy) is 2. The van der Waals surface area contributed by atoms with Crippen LogP contribution in [0.15, 0.2) is 42.5 Å². The molecule has 146 valence electrons. The molecule has 1 saturated heterocycles. The SMILES string of the molecule is CCOC(=O)c1ccc(Oc2cc(C(=O)O)ccc2CN2CCNC2=O)cc1. The molecule has 1 fully saturated rings. The largest absolute Gasteiger partial charge is 0.478 e. The Morgan fingerprint density at radius 2 is 1.86 bits per heavy atom. The van der Waals surface area contributed by atoms with Crippen LogP contribution >= 0.6 is 0 Å². The van der Waals surface area contributed by atoms with Crippen LogP contribution in [0.5, 0.6) is 11.5 Å². The van der Waals surface area contributed by atoms with E-state index in [9.17, 15) is 19.5 Å². The Bertz CT molecular complexity index is 894. The number of rotatable bonds is 7. The predicted octanol–water partition coefficient (Wildman–Crippen LogP) is 2.88. The zero-order valence-electron chi connectivity index (χ0n) is 15.3. The van der Waals surface area contributed by atoms with Gasteiger partial charge in [0, 0.05) is 18.7 Å². The van der Waals surface area contributed by atoms with Gasteiger partial charge in [-0.2, -0.15) is 0 Å². The number of hydrogen-bond donors (Lipinski definition) is 2. The maximum absolute atomic E-state index is 11.8. The number of nitrogens with one attached hydrogen (secondary N) is 1. The van der Waals surface area contributed by atoms with E-state index in [1.165, 1.54) is 12.1 Å². The second kappa shape index (κ2) is 8.43. The van der Waals surface area contributed by atoms with E-state index in [1.54, 1.807) is 42.2 Å². The second-order valence-corrected chi connectivity index (χ2v) is 6.13. The summed E-state index contributed by atoms with van der Waals surface area (Å²) < 4.78 is 10.8. The van der Waals surface area contributed by atoms with Gasteiger partial charge in [0.05, 0.1) is 24.3 Å². The van der Waals surface area contributed by atoms with Crippen molar-refractivity contribution in [2.75, 3.05) is 19.7 Å². The number of nitrogens with zero attached hydrogens (tertiary/aromatic N) is 1. The maximum Gasteiger partial charge on any atom is 0.338 e. The number of carboxylic acids is 1. The molecule has 2 aromatic rings. The second-order valence-electron chi connectivity index (χ2n) is 6.13. The van der Waals surface area contributed by atoms with Crippen LogP contribution in [0.1, 0.15) is 33.2 Å². The summed E-state index contributed by atoms with van der Waals surface area (Å²) in [6, 6.07) is 10.7. The van der Waals surface area contributed by atoms with E-state index in [-0.39, 0.29) is 18.2 Å². The average Bonchev–Trinajstić information content (AvgIpc) is 3.08. The summed E-state index contributed by atoms with van der Waals surface area (Å²) in [7, 11) is 0. The zero-order chi connectivity index (χ0) is 20.1. The lowest BCUT2D eigenvalue weighted by Gasteiger charge is -2.18. The summed E-state index contributed by atoms with van der Waals surface area (Å²) >= 11 is 0. The van der Waals surface area contributed by atoms with Gasteiger partial charge in [0.1, 0.15) is 11.5 Å². The van der Waals surface area contributed by atoms with Crippen LogP contribution in [0.4, 0.5) is 4.79 Å². The standard InChI is InChI=1S/C20H20N2O6/c1-2-27-19(25)13-5-7-16(8-6-13)28-17-11-14(18(23)24)3-4-15(17)12-22-10-9-21-20(22)26/h3-8,11H,2,9-10,12H2,1H3,(H,21,26)(H,23,24). The molecule has 2 amide bonds. The third-order valence-corrected chi connectivity index (χ3v) is 4.21. The fourth-order valence-electron chi connectivity index (χ4n) is 2.78. The van der Waals surface area contributed by atoms with Gasteiger partial charge in [-0.25, -0.2) is 14.4 Å². The predicted molar refractivity (Wildman–Crippen MR) is 99.7 cm³/mol. The van der Waals surface area contributed by atoms with Gasteiger partial charge >= 0.3 is 18.0 Å². The Morgan fingerprint density at radius 1 is 1.14 bits per heavy atom. The van der Waals surface area contributed by atoms with Crippen molar-refractivity contribution in [2.24, 2.45) is 0 Å². The molecule has 0 aliphatic carbocycles. The van der Waals surface area contributed by atoms with Crippen molar-refractivity contribution >= 4 is 18.0 Å². The number of esters is 1. The lowest BCUT2D eigenvalue weighted by atomic mass is 10.1. The van der Waals surface area contributed by atoms with Crippen molar-refractivity contribution in [1.29, 1.82) is 0 Å². The maximum atomic E-state index is 11.8. The highest BCUT2D eigenvalue weighted by Gasteiger charge is 2.21. The van der Waals surface area contributed by atoms with Gasteiger partial charge in [-0.1, -0.05) is 6.07 Å². The molecule has 1 heterocycles. The molecule has 2 aromatic carbocycles. The first-order valence-electron chi connectivity index (χ1n) is 8.82. The van der Waals surface area contributed by atoms with Crippen LogP contribution in [-0.4, -0.2) is 47.7 Å². The summed E-state index contributed by atoms with van der Waals surface area (Å²) in [5, 5.41) is 12.0. The van der Waals surface area contributed by atoms with E-state index in [0.717, 1.165) is 0 Å². The number of carbonyl (C=O) groups excluding carboxylic acids is 2. The van der Waals surface area contributed by atoms with Crippen LogP contribution in [0.25, 0.3) is 0 Å². The lowest BCUT2D eigenvalue weighted by Crippen LogP contribution is -2.27. The minimum absolute atomic E-state index is 0.0766. The summed E-state index contributed by atoms with van der Waals surface area (Å²) in [6.07, 6.45) is 0. The smallest absolute Gasteiger partial charge is 0.338 e. The molecular weight excluding hydrogens is 364 g/mol. The summed E-state index contributed by atoms with van der Waals surface area (Å²) in [5.74, 6) is -0.734. The van der Waals surface area contributed by atoms with Crippen LogP contribution in [0.3, 0.4) is 0 Å². The molecule has 0 aromatic heterocycles. The number of amides is 2. The fourth-order valence-corrected chi connectivity index (χ4v) is 2.78. The van der Waals surface area contributed by atoms with Crippen molar-refractivity contribution in [2.45, 2.75) is 13.5 Å². The highest BCUT2D eigenvalue weighted by atomic mass is 16.5. The van der Waals surface area contributed by atoms with Crippen LogP contribution in [-0.2, 0) is 11.3 Å². The van der Waals surface area contributed by atoms with Gasteiger partial charge in [-0.15, -0.1) is 0 Å². The molecule has 2 N–H and O–H groups in total. The first-order valence-corrected chi connectivity index (χ1v) is 8.82. The minimum Gasteiger partial charge on any atom is -0.478 e. The summed E-state index contributed by atoms with van der Waals surface area (Å²) in [4.78, 5) is 36.5. The molecule has 28 heavy (non-hydrogen) atoms. The van der Waals surface area contributed by atoms with Gasteiger partial charge in [-0.3, -0.25) is 0 Å². The van der Waals surface area contributed by atoms with Crippen LogP contribution in [0, 0.1) is 0 Å². The zero-order valence-corrected chi connectivity index (χ0v) is 15.3. The molecule has 0 spiro atoms. The van der Waals surface area contributed by atoms with Gasteiger partial charge in [0.15, 0.2) is 0 Å². The number of carboxylic acid groups (broad SMARTS) is 1. The number of aromatic carboxylic acids is 1. The van der Waals surface area contributed by atoms with Crippen molar-refractivity contribution in [3.05, 3.63) is 59.2 Å². The Balaban J connectivity index is 1.84. The van der Waals surface area contributed by atoms with E-state index >= 15 is 0 Å². The van der Waals surface area contributed by atoms with Crippen molar-refractivity contribution in [1.82, 2.24) is 10.2 Å². The van der Waals surface area contributed by atoms with E-state index in [4.69, 9.17) is 9.47 Å². The lowest BCUT2D eigenvalue weighted by molar-refractivity contribution is 0.0525. The minimum atomic E-state index is -1.08. The monoisotopic (exact) mass is 384 g/mol. The van der Waals surface area contributed by atoms with Crippen molar-refractivity contribution in [3.63, 3.8) is 0 Å². The molecular formula is C20H20N2O6. The molecule has 0 atom stereocenters. The van der Waals surface area contributed by atoms with Crippen molar-refractivity contribution < 1.29 is 29.0 Å². The van der Waals surface area contributed by atoms with E-state index in [2.05, 4.69) is 5.32 Å². The van der Waals surface area contributed by atoms with Gasteiger partial charge in [0.2, 0.25) is 0 Å². The number of benzene rings is 2. The van der Waals surface area contributed by atoms with Crippen molar-refractivity contribution in [3.8, 4) is 11.5 Å². The molecule has 0 bridgehead atoms. The molecule has 0 radical (unpaired) electrons. The fraction of sp³-hybridized carbons (Fsp3) is 0.250. The molecule has 8 heteroatoms. The van der Waals surface area contributed by atoms with Gasteiger partial charge in [0.25, 0.3) is 0 Å². The summed E-state index contributed by atoms with van der Waals surface area (Å²) in [6.45, 7) is 3.44. The quantitative estimate of drug-likeness (QED) is 0.711. The Labute approximate surface area is 161 Å². The van der Waals surface area contributed by atoms with E-state index < -0.39 is 11.9 Å². The normalized spacial score (nSPS) is 13.2. The first-order chi connectivity index (χ1) is 13.5. The molecule has 0 unspecified atom stereocenters. The highest BCUT2D eigenvalue weighted by molar-refractivity contribution is 5.89. The van der Waals surface area contributed by atoms with Crippen LogP contribution < -0.4 is 10.1 Å². The topological polar surface area (TPSA) is 105 Å². The highest BCUT2D eigenvalue weighted by Crippen LogP contribution is 2.28. The first kappa shape index (κ1) is 19.2. The molecule has 8 nitrogen and oxygen atoms in total. The van der Waals surface area contributed by atoms with Crippen LogP contribution in [0.2, 0.25) is 0 Å². The number of carbonyl (C=O) groups is 3. The third kappa shape index (κ3) is 4.40.